The third-order valence-corrected chi connectivity index (χ3v) is 5.84. The van der Waals surface area contributed by atoms with E-state index in [1.165, 1.54) is 4.31 Å². The second-order valence-corrected chi connectivity index (χ2v) is 6.76. The molecule has 2 rings (SSSR count). The minimum Gasteiger partial charge on any atom is -0.381 e. The van der Waals surface area contributed by atoms with Crippen molar-refractivity contribution in [3.63, 3.8) is 0 Å². The van der Waals surface area contributed by atoms with E-state index in [-0.39, 0.29) is 6.54 Å². The lowest BCUT2D eigenvalue weighted by Gasteiger charge is -2.36. The molecule has 2 heterocycles. The maximum atomic E-state index is 12.5. The van der Waals surface area contributed by atoms with Crippen LogP contribution in [0.2, 0.25) is 0 Å². The molecule has 1 atom stereocenters. The van der Waals surface area contributed by atoms with Gasteiger partial charge in [-0.15, -0.1) is 0 Å². The number of amides is 1. The van der Waals surface area contributed by atoms with E-state index in [4.69, 9.17) is 10.5 Å². The maximum absolute atomic E-state index is 12.5. The predicted molar refractivity (Wildman–Crippen MR) is 65.3 cm³/mol. The molecule has 1 amide bonds. The molecule has 0 spiro atoms. The van der Waals surface area contributed by atoms with Crippen LogP contribution in [0, 0.1) is 0 Å². The van der Waals surface area contributed by atoms with Crippen LogP contribution in [0.25, 0.3) is 0 Å². The van der Waals surface area contributed by atoms with Crippen LogP contribution < -0.4 is 11.1 Å². The van der Waals surface area contributed by atoms with E-state index in [0.717, 1.165) is 0 Å². The molecule has 18 heavy (non-hydrogen) atoms. The van der Waals surface area contributed by atoms with Crippen LogP contribution in [0.4, 0.5) is 0 Å². The molecule has 2 aliphatic heterocycles. The molecule has 2 saturated heterocycles. The summed E-state index contributed by atoms with van der Waals surface area (Å²) in [5.74, 6) is -0.599. The molecule has 0 aromatic heterocycles. The summed E-state index contributed by atoms with van der Waals surface area (Å²) in [4.78, 5) is 11.3. The highest BCUT2D eigenvalue weighted by atomic mass is 32.2. The first-order valence-electron chi connectivity index (χ1n) is 6.12. The Kier molecular flexibility index (Phi) is 4.21. The van der Waals surface area contributed by atoms with Gasteiger partial charge in [0.2, 0.25) is 15.9 Å². The van der Waals surface area contributed by atoms with Crippen LogP contribution in [0.1, 0.15) is 12.8 Å². The topological polar surface area (TPSA) is 102 Å². The summed E-state index contributed by atoms with van der Waals surface area (Å²) in [5.41, 5.74) is 5.27. The van der Waals surface area contributed by atoms with Gasteiger partial charge in [0.1, 0.15) is 6.04 Å². The van der Waals surface area contributed by atoms with Gasteiger partial charge in [-0.25, -0.2) is 8.42 Å². The molecule has 7 nitrogen and oxygen atoms in total. The highest BCUT2D eigenvalue weighted by Gasteiger charge is 2.40. The van der Waals surface area contributed by atoms with Gasteiger partial charge in [-0.1, -0.05) is 0 Å². The lowest BCUT2D eigenvalue weighted by atomic mass is 10.2. The van der Waals surface area contributed by atoms with E-state index < -0.39 is 27.2 Å². The molecule has 0 saturated carbocycles. The quantitative estimate of drug-likeness (QED) is 0.637. The van der Waals surface area contributed by atoms with Crippen molar-refractivity contribution in [2.24, 2.45) is 5.73 Å². The fraction of sp³-hybridized carbons (Fsp3) is 0.900. The van der Waals surface area contributed by atoms with Gasteiger partial charge in [-0.3, -0.25) is 4.79 Å². The van der Waals surface area contributed by atoms with Gasteiger partial charge in [0.15, 0.2) is 0 Å². The van der Waals surface area contributed by atoms with E-state index in [1.807, 2.05) is 0 Å². The number of hydrogen-bond acceptors (Lipinski definition) is 5. The number of carbonyl (C=O) groups is 1. The summed E-state index contributed by atoms with van der Waals surface area (Å²) in [7, 11) is -3.47. The maximum Gasteiger partial charge on any atom is 0.237 e. The Hall–Kier alpha value is -0.700. The van der Waals surface area contributed by atoms with E-state index in [1.54, 1.807) is 0 Å². The number of nitrogens with zero attached hydrogens (tertiary/aromatic N) is 1. The van der Waals surface area contributed by atoms with Crippen molar-refractivity contribution >= 4 is 15.9 Å². The van der Waals surface area contributed by atoms with Crippen molar-refractivity contribution in [2.75, 3.05) is 32.8 Å². The molecule has 104 valence electrons. The Morgan fingerprint density at radius 3 is 2.61 bits per heavy atom. The third kappa shape index (κ3) is 2.66. The number of rotatable bonds is 3. The molecule has 0 radical (unpaired) electrons. The first-order chi connectivity index (χ1) is 8.53. The van der Waals surface area contributed by atoms with Gasteiger partial charge < -0.3 is 15.8 Å². The molecular weight excluding hydrogens is 258 g/mol. The SMILES string of the molecule is NC(=O)C1CNCCN1S(=O)(=O)C1CCOCC1. The summed E-state index contributed by atoms with van der Waals surface area (Å²) >= 11 is 0. The van der Waals surface area contributed by atoms with Crippen LogP contribution in [0.15, 0.2) is 0 Å². The van der Waals surface area contributed by atoms with Crippen LogP contribution >= 0.6 is 0 Å². The number of nitrogens with one attached hydrogen (secondary N) is 1. The Balaban J connectivity index is 2.18. The minimum absolute atomic E-state index is 0.289. The highest BCUT2D eigenvalue weighted by molar-refractivity contribution is 7.89. The first kappa shape index (κ1) is 13.7. The first-order valence-corrected chi connectivity index (χ1v) is 7.62. The molecule has 8 heteroatoms. The number of piperazine rings is 1. The molecule has 0 bridgehead atoms. The Labute approximate surface area is 107 Å². The smallest absolute Gasteiger partial charge is 0.237 e. The zero-order valence-electron chi connectivity index (χ0n) is 10.2. The number of carbonyl (C=O) groups excluding carboxylic acids is 1. The van der Waals surface area contributed by atoms with Crippen molar-refractivity contribution in [2.45, 2.75) is 24.1 Å². The molecule has 0 aromatic rings. The minimum atomic E-state index is -3.47. The Morgan fingerprint density at radius 1 is 1.33 bits per heavy atom. The second kappa shape index (κ2) is 5.52. The van der Waals surface area contributed by atoms with Crippen molar-refractivity contribution < 1.29 is 17.9 Å². The lowest BCUT2D eigenvalue weighted by Crippen LogP contribution is -2.60. The number of ether oxygens (including phenoxy) is 1. The second-order valence-electron chi connectivity index (χ2n) is 4.59. The van der Waals surface area contributed by atoms with Crippen molar-refractivity contribution in [3.8, 4) is 0 Å². The lowest BCUT2D eigenvalue weighted by molar-refractivity contribution is -0.122. The van der Waals surface area contributed by atoms with E-state index in [0.29, 0.717) is 39.1 Å². The normalized spacial score (nSPS) is 28.1. The molecule has 2 aliphatic rings. The Bertz CT molecular complexity index is 405. The zero-order valence-corrected chi connectivity index (χ0v) is 11.0. The van der Waals surface area contributed by atoms with E-state index in [2.05, 4.69) is 5.32 Å². The number of primary amides is 1. The van der Waals surface area contributed by atoms with Gasteiger partial charge in [0.05, 0.1) is 5.25 Å². The molecule has 0 aliphatic carbocycles. The van der Waals surface area contributed by atoms with Gasteiger partial charge in [0.25, 0.3) is 0 Å². The molecule has 0 aromatic carbocycles. The van der Waals surface area contributed by atoms with E-state index in [9.17, 15) is 13.2 Å². The standard InChI is InChI=1S/C10H19N3O4S/c11-10(14)9-7-12-3-4-13(9)18(15,16)8-1-5-17-6-2-8/h8-9,12H,1-7H2,(H2,11,14). The van der Waals surface area contributed by atoms with Gasteiger partial charge in [0, 0.05) is 32.8 Å². The number of nitrogens with two attached hydrogens (primary N) is 1. The Morgan fingerprint density at radius 2 is 2.00 bits per heavy atom. The largest absolute Gasteiger partial charge is 0.381 e. The summed E-state index contributed by atoms with van der Waals surface area (Å²) in [6.07, 6.45) is 0.968. The highest BCUT2D eigenvalue weighted by Crippen LogP contribution is 2.22. The van der Waals surface area contributed by atoms with Crippen molar-refractivity contribution in [1.82, 2.24) is 9.62 Å². The molecule has 2 fully saturated rings. The summed E-state index contributed by atoms with van der Waals surface area (Å²) in [5, 5.41) is 2.54. The monoisotopic (exact) mass is 277 g/mol. The van der Waals surface area contributed by atoms with Crippen LogP contribution in [0.3, 0.4) is 0 Å². The van der Waals surface area contributed by atoms with Gasteiger partial charge in [-0.05, 0) is 12.8 Å². The van der Waals surface area contributed by atoms with Crippen LogP contribution in [0.5, 0.6) is 0 Å². The van der Waals surface area contributed by atoms with Gasteiger partial charge >= 0.3 is 0 Å². The zero-order chi connectivity index (χ0) is 13.2. The fourth-order valence-electron chi connectivity index (χ4n) is 2.40. The summed E-state index contributed by atoms with van der Waals surface area (Å²) < 4.78 is 31.4. The molecular formula is C10H19N3O4S. The average molecular weight is 277 g/mol. The number of sulfonamides is 1. The van der Waals surface area contributed by atoms with Crippen LogP contribution in [-0.2, 0) is 19.6 Å². The van der Waals surface area contributed by atoms with Crippen molar-refractivity contribution in [3.05, 3.63) is 0 Å². The summed E-state index contributed by atoms with van der Waals surface area (Å²) in [6, 6.07) is -0.772. The molecule has 3 N–H and O–H groups in total. The summed E-state index contributed by atoms with van der Waals surface area (Å²) in [6.45, 7) is 2.05. The average Bonchev–Trinajstić information content (AvgIpc) is 2.39. The number of hydrogen-bond donors (Lipinski definition) is 2. The third-order valence-electron chi connectivity index (χ3n) is 3.44. The fourth-order valence-corrected chi connectivity index (χ4v) is 4.45. The predicted octanol–water partition coefficient (Wildman–Crippen LogP) is -1.75. The van der Waals surface area contributed by atoms with Crippen molar-refractivity contribution in [1.29, 1.82) is 0 Å². The van der Waals surface area contributed by atoms with Crippen LogP contribution in [-0.4, -0.2) is 62.8 Å². The van der Waals surface area contributed by atoms with E-state index >= 15 is 0 Å². The molecule has 1 unspecified atom stereocenters. The van der Waals surface area contributed by atoms with Gasteiger partial charge in [-0.2, -0.15) is 4.31 Å².